The number of thioether (sulfide) groups is 1. The minimum absolute atomic E-state index is 0.473. The zero-order valence-corrected chi connectivity index (χ0v) is 11.1. The monoisotopic (exact) mass is 266 g/mol. The molecule has 0 saturated carbocycles. The molecule has 0 fully saturated rings. The lowest BCUT2D eigenvalue weighted by atomic mass is 10.4. The molecule has 5 nitrogen and oxygen atoms in total. The fourth-order valence-corrected chi connectivity index (χ4v) is 2.72. The molecule has 0 saturated heterocycles. The van der Waals surface area contributed by atoms with Gasteiger partial charge in [-0.25, -0.2) is 4.98 Å². The van der Waals surface area contributed by atoms with Crippen molar-refractivity contribution in [1.82, 2.24) is 15.2 Å². The number of aryl methyl sites for hydroxylation is 2. The summed E-state index contributed by atoms with van der Waals surface area (Å²) in [6.07, 6.45) is 0.473. The molecule has 2 rings (SSSR count). The maximum Gasteiger partial charge on any atom is 0.276 e. The zero-order chi connectivity index (χ0) is 12.3. The fraction of sp³-hybridized carbons (Fsp3) is 0.400. The summed E-state index contributed by atoms with van der Waals surface area (Å²) in [6.45, 7) is 3.87. The van der Waals surface area contributed by atoms with Crippen molar-refractivity contribution >= 4 is 23.1 Å². The Labute approximate surface area is 107 Å². The zero-order valence-electron chi connectivity index (χ0n) is 9.43. The summed E-state index contributed by atoms with van der Waals surface area (Å²) in [7, 11) is 0. The van der Waals surface area contributed by atoms with Gasteiger partial charge in [-0.15, -0.1) is 21.5 Å². The summed E-state index contributed by atoms with van der Waals surface area (Å²) >= 11 is 2.93. The largest absolute Gasteiger partial charge is 0.410 e. The van der Waals surface area contributed by atoms with Crippen molar-refractivity contribution in [2.24, 2.45) is 0 Å². The minimum atomic E-state index is 0.473. The lowest BCUT2D eigenvalue weighted by Crippen LogP contribution is -1.77. The first-order valence-corrected chi connectivity index (χ1v) is 6.78. The predicted octanol–water partition coefficient (Wildman–Crippen LogP) is 2.82. The van der Waals surface area contributed by atoms with Crippen LogP contribution >= 0.6 is 23.1 Å². The van der Waals surface area contributed by atoms with E-state index in [-0.39, 0.29) is 0 Å². The Hall–Kier alpha value is -1.39. The summed E-state index contributed by atoms with van der Waals surface area (Å²) in [4.78, 5) is 5.23. The molecule has 0 aromatic carbocycles. The first-order valence-electron chi connectivity index (χ1n) is 4.98. The van der Waals surface area contributed by atoms with E-state index in [1.807, 2.05) is 13.8 Å². The van der Waals surface area contributed by atoms with Gasteiger partial charge >= 0.3 is 0 Å². The van der Waals surface area contributed by atoms with Crippen molar-refractivity contribution in [3.8, 4) is 16.8 Å². The van der Waals surface area contributed by atoms with E-state index < -0.39 is 0 Å². The molecule has 2 aromatic rings. The van der Waals surface area contributed by atoms with Crippen molar-refractivity contribution in [1.29, 1.82) is 5.26 Å². The lowest BCUT2D eigenvalue weighted by molar-refractivity contribution is 0.466. The Morgan fingerprint density at radius 3 is 2.88 bits per heavy atom. The fourth-order valence-electron chi connectivity index (χ4n) is 1.27. The van der Waals surface area contributed by atoms with Crippen molar-refractivity contribution in [2.45, 2.75) is 25.5 Å². The van der Waals surface area contributed by atoms with Gasteiger partial charge in [0, 0.05) is 12.2 Å². The molecule has 0 radical (unpaired) electrons. The smallest absolute Gasteiger partial charge is 0.276 e. The van der Waals surface area contributed by atoms with Crippen LogP contribution in [0.25, 0.3) is 10.8 Å². The summed E-state index contributed by atoms with van der Waals surface area (Å²) in [5.74, 6) is 1.17. The van der Waals surface area contributed by atoms with E-state index in [1.54, 1.807) is 11.3 Å². The van der Waals surface area contributed by atoms with Gasteiger partial charge in [0.05, 0.1) is 16.8 Å². The van der Waals surface area contributed by atoms with Crippen LogP contribution in [-0.2, 0) is 0 Å². The van der Waals surface area contributed by atoms with Gasteiger partial charge in [0.25, 0.3) is 11.1 Å². The molecular formula is C10H10N4OS2. The number of rotatable bonds is 4. The van der Waals surface area contributed by atoms with E-state index >= 15 is 0 Å². The third kappa shape index (κ3) is 2.84. The van der Waals surface area contributed by atoms with Crippen LogP contribution in [-0.4, -0.2) is 20.9 Å². The van der Waals surface area contributed by atoms with Gasteiger partial charge in [-0.3, -0.25) is 0 Å². The van der Waals surface area contributed by atoms with Gasteiger partial charge in [0.1, 0.15) is 4.88 Å². The highest BCUT2D eigenvalue weighted by Crippen LogP contribution is 2.30. The lowest BCUT2D eigenvalue weighted by Gasteiger charge is -1.90. The Morgan fingerprint density at radius 1 is 1.41 bits per heavy atom. The molecule has 2 aromatic heterocycles. The van der Waals surface area contributed by atoms with Crippen molar-refractivity contribution in [2.75, 3.05) is 5.75 Å². The molecule has 17 heavy (non-hydrogen) atoms. The summed E-state index contributed by atoms with van der Waals surface area (Å²) in [5.41, 5.74) is 0.907. The standard InChI is InChI=1S/C10H10N4OS2/c1-6-8(17-7(2)12-6)9-13-14-10(15-9)16-5-3-4-11/h3,5H2,1-2H3. The van der Waals surface area contributed by atoms with Gasteiger partial charge in [-0.2, -0.15) is 5.26 Å². The Balaban J connectivity index is 2.13. The number of nitriles is 1. The minimum Gasteiger partial charge on any atom is -0.410 e. The predicted molar refractivity (Wildman–Crippen MR) is 65.8 cm³/mol. The summed E-state index contributed by atoms with van der Waals surface area (Å²) in [5, 5.41) is 17.8. The highest BCUT2D eigenvalue weighted by molar-refractivity contribution is 7.99. The number of hydrogen-bond acceptors (Lipinski definition) is 7. The quantitative estimate of drug-likeness (QED) is 0.625. The third-order valence-corrected chi connectivity index (χ3v) is 3.82. The number of hydrogen-bond donors (Lipinski definition) is 0. The van der Waals surface area contributed by atoms with E-state index in [1.165, 1.54) is 11.8 Å². The molecule has 0 bridgehead atoms. The molecule has 0 spiro atoms. The van der Waals surface area contributed by atoms with E-state index in [2.05, 4.69) is 21.3 Å². The Morgan fingerprint density at radius 2 is 2.24 bits per heavy atom. The molecule has 88 valence electrons. The van der Waals surface area contributed by atoms with Crippen LogP contribution in [0.4, 0.5) is 0 Å². The van der Waals surface area contributed by atoms with Gasteiger partial charge in [-0.1, -0.05) is 11.8 Å². The summed E-state index contributed by atoms with van der Waals surface area (Å²) < 4.78 is 5.51. The van der Waals surface area contributed by atoms with E-state index in [4.69, 9.17) is 9.68 Å². The molecule has 0 aliphatic heterocycles. The van der Waals surface area contributed by atoms with E-state index in [9.17, 15) is 0 Å². The molecule has 0 unspecified atom stereocenters. The Kier molecular flexibility index (Phi) is 3.76. The number of thiazole rings is 1. The molecular weight excluding hydrogens is 256 g/mol. The van der Waals surface area contributed by atoms with Crippen molar-refractivity contribution in [3.05, 3.63) is 10.7 Å². The first kappa shape index (κ1) is 12.1. The topological polar surface area (TPSA) is 75.6 Å². The van der Waals surface area contributed by atoms with Crippen LogP contribution in [0.2, 0.25) is 0 Å². The molecule has 0 aliphatic rings. The van der Waals surface area contributed by atoms with Crippen LogP contribution in [0.5, 0.6) is 0 Å². The van der Waals surface area contributed by atoms with Gasteiger partial charge in [0.2, 0.25) is 0 Å². The number of nitrogens with zero attached hydrogens (tertiary/aromatic N) is 4. The highest BCUT2D eigenvalue weighted by atomic mass is 32.2. The molecule has 0 amide bonds. The van der Waals surface area contributed by atoms with Crippen LogP contribution in [0, 0.1) is 25.2 Å². The number of aromatic nitrogens is 3. The first-order chi connectivity index (χ1) is 8.20. The maximum atomic E-state index is 8.43. The third-order valence-electron chi connectivity index (χ3n) is 1.94. The van der Waals surface area contributed by atoms with Gasteiger partial charge in [0.15, 0.2) is 0 Å². The second-order valence-electron chi connectivity index (χ2n) is 3.28. The van der Waals surface area contributed by atoms with Crippen molar-refractivity contribution < 1.29 is 4.42 Å². The van der Waals surface area contributed by atoms with Crippen LogP contribution in [0.15, 0.2) is 9.64 Å². The molecule has 2 heterocycles. The van der Waals surface area contributed by atoms with Gasteiger partial charge < -0.3 is 4.42 Å². The van der Waals surface area contributed by atoms with Crippen LogP contribution < -0.4 is 0 Å². The molecule has 7 heteroatoms. The highest BCUT2D eigenvalue weighted by Gasteiger charge is 2.14. The average molecular weight is 266 g/mol. The van der Waals surface area contributed by atoms with E-state index in [0.29, 0.717) is 23.3 Å². The van der Waals surface area contributed by atoms with Crippen LogP contribution in [0.1, 0.15) is 17.1 Å². The molecule has 0 atom stereocenters. The normalized spacial score (nSPS) is 10.4. The summed E-state index contributed by atoms with van der Waals surface area (Å²) in [6, 6.07) is 2.07. The molecule has 0 aliphatic carbocycles. The second kappa shape index (κ2) is 5.29. The average Bonchev–Trinajstić information content (AvgIpc) is 2.86. The van der Waals surface area contributed by atoms with Gasteiger partial charge in [-0.05, 0) is 13.8 Å². The van der Waals surface area contributed by atoms with Crippen LogP contribution in [0.3, 0.4) is 0 Å². The molecule has 0 N–H and O–H groups in total. The maximum absolute atomic E-state index is 8.43. The SMILES string of the molecule is Cc1nc(C)c(-c2nnc(SCCC#N)o2)s1. The van der Waals surface area contributed by atoms with Crippen molar-refractivity contribution in [3.63, 3.8) is 0 Å². The Bertz CT molecular complexity index is 555. The van der Waals surface area contributed by atoms with E-state index in [0.717, 1.165) is 15.6 Å². The second-order valence-corrected chi connectivity index (χ2v) is 5.53.